The fourth-order valence-electron chi connectivity index (χ4n) is 2.59. The van der Waals surface area contributed by atoms with E-state index < -0.39 is 0 Å². The molecule has 98 valence electrons. The predicted octanol–water partition coefficient (Wildman–Crippen LogP) is 3.86. The molecule has 0 bridgehead atoms. The van der Waals surface area contributed by atoms with Gasteiger partial charge in [0, 0.05) is 15.7 Å². The number of hydrogen-bond donors (Lipinski definition) is 1. The lowest BCUT2D eigenvalue weighted by Crippen LogP contribution is -2.20. The maximum atomic E-state index is 12.3. The van der Waals surface area contributed by atoms with Crippen LogP contribution in [0.1, 0.15) is 24.5 Å². The van der Waals surface area contributed by atoms with Crippen LogP contribution in [0.15, 0.2) is 40.8 Å². The van der Waals surface area contributed by atoms with Gasteiger partial charge < -0.3 is 5.32 Å². The Morgan fingerprint density at radius 1 is 1.42 bits per heavy atom. The molecule has 0 fully saturated rings. The van der Waals surface area contributed by atoms with Gasteiger partial charge in [0.2, 0.25) is 0 Å². The summed E-state index contributed by atoms with van der Waals surface area (Å²) in [4.78, 5) is 13.5. The normalized spacial score (nSPS) is 21.1. The predicted molar refractivity (Wildman–Crippen MR) is 80.7 cm³/mol. The van der Waals surface area contributed by atoms with E-state index in [4.69, 9.17) is 0 Å². The molecule has 0 saturated heterocycles. The van der Waals surface area contributed by atoms with E-state index >= 15 is 0 Å². The third-order valence-corrected chi connectivity index (χ3v) is 5.03. The minimum atomic E-state index is 0.0477. The first kappa shape index (κ1) is 12.5. The van der Waals surface area contributed by atoms with Gasteiger partial charge in [-0.1, -0.05) is 25.2 Å². The van der Waals surface area contributed by atoms with Crippen molar-refractivity contribution < 1.29 is 4.79 Å². The number of aryl methyl sites for hydroxylation is 2. The van der Waals surface area contributed by atoms with Crippen molar-refractivity contribution in [1.29, 1.82) is 0 Å². The van der Waals surface area contributed by atoms with Gasteiger partial charge >= 0.3 is 0 Å². The van der Waals surface area contributed by atoms with E-state index in [0.29, 0.717) is 0 Å². The molecule has 2 nitrogen and oxygen atoms in total. The molecular weight excluding hydrogens is 254 g/mol. The van der Waals surface area contributed by atoms with Crippen LogP contribution in [0, 0.1) is 6.92 Å². The van der Waals surface area contributed by atoms with Gasteiger partial charge in [0.05, 0.1) is 5.69 Å². The highest BCUT2D eigenvalue weighted by atomic mass is 32.2. The molecule has 19 heavy (non-hydrogen) atoms. The Hall–Kier alpha value is -1.48. The van der Waals surface area contributed by atoms with Crippen molar-refractivity contribution in [2.24, 2.45) is 0 Å². The zero-order valence-electron chi connectivity index (χ0n) is 11.2. The molecule has 3 heteroatoms. The van der Waals surface area contributed by atoms with E-state index in [-0.39, 0.29) is 11.2 Å². The average Bonchev–Trinajstić information content (AvgIpc) is 2.54. The molecule has 0 aromatic heterocycles. The van der Waals surface area contributed by atoms with Gasteiger partial charge in [-0.3, -0.25) is 4.79 Å². The van der Waals surface area contributed by atoms with Crippen molar-refractivity contribution in [3.8, 4) is 0 Å². The Morgan fingerprint density at radius 2 is 2.26 bits per heavy atom. The molecule has 1 aromatic carbocycles. The number of thioether (sulfide) groups is 1. The van der Waals surface area contributed by atoms with Crippen molar-refractivity contribution >= 4 is 23.4 Å². The summed E-state index contributed by atoms with van der Waals surface area (Å²) in [5.41, 5.74) is 4.46. The first-order valence-corrected chi connectivity index (χ1v) is 7.55. The van der Waals surface area contributed by atoms with Crippen LogP contribution >= 0.6 is 11.8 Å². The molecule has 1 aromatic rings. The molecule has 1 aliphatic heterocycles. The minimum Gasteiger partial charge on any atom is -0.321 e. The minimum absolute atomic E-state index is 0.0477. The third-order valence-electron chi connectivity index (χ3n) is 3.71. The van der Waals surface area contributed by atoms with Crippen molar-refractivity contribution in [3.05, 3.63) is 47.1 Å². The Kier molecular flexibility index (Phi) is 3.23. The first-order chi connectivity index (χ1) is 9.19. The van der Waals surface area contributed by atoms with Crippen LogP contribution < -0.4 is 5.32 Å². The van der Waals surface area contributed by atoms with E-state index in [2.05, 4.69) is 37.4 Å². The maximum Gasteiger partial charge on any atom is 0.252 e. The third kappa shape index (κ3) is 2.23. The quantitative estimate of drug-likeness (QED) is 0.840. The Bertz CT molecular complexity index is 601. The van der Waals surface area contributed by atoms with Crippen molar-refractivity contribution in [2.45, 2.75) is 36.8 Å². The van der Waals surface area contributed by atoms with Gasteiger partial charge in [-0.2, -0.15) is 0 Å². The second-order valence-corrected chi connectivity index (χ2v) is 6.22. The standard InChI is InChI=1S/C16H17NOS/c1-3-11-9-13-15(8-10(11)2)19-14-7-5-4-6-12(14)16(18)17-13/h4-6,8-9,14H,3,7H2,1-2H3,(H,17,18). The summed E-state index contributed by atoms with van der Waals surface area (Å²) in [6, 6.07) is 4.33. The van der Waals surface area contributed by atoms with Gasteiger partial charge in [0.15, 0.2) is 0 Å². The van der Waals surface area contributed by atoms with Crippen LogP contribution in [-0.4, -0.2) is 11.2 Å². The average molecular weight is 271 g/mol. The number of benzene rings is 1. The van der Waals surface area contributed by atoms with E-state index in [0.717, 1.165) is 24.1 Å². The summed E-state index contributed by atoms with van der Waals surface area (Å²) in [5, 5.41) is 3.31. The molecule has 1 unspecified atom stereocenters. The smallest absolute Gasteiger partial charge is 0.252 e. The van der Waals surface area contributed by atoms with Crippen LogP contribution in [0.5, 0.6) is 0 Å². The number of hydrogen-bond acceptors (Lipinski definition) is 2. The highest BCUT2D eigenvalue weighted by Gasteiger charge is 2.27. The SMILES string of the molecule is CCc1cc2c(cc1C)SC1CC=CC=C1C(=O)N2. The number of carbonyl (C=O) groups is 1. The van der Waals surface area contributed by atoms with Crippen LogP contribution in [-0.2, 0) is 11.2 Å². The largest absolute Gasteiger partial charge is 0.321 e. The van der Waals surface area contributed by atoms with E-state index in [1.807, 2.05) is 12.2 Å². The lowest BCUT2D eigenvalue weighted by molar-refractivity contribution is -0.112. The summed E-state index contributed by atoms with van der Waals surface area (Å²) < 4.78 is 0. The summed E-state index contributed by atoms with van der Waals surface area (Å²) in [6.07, 6.45) is 7.97. The molecule has 0 spiro atoms. The Labute approximate surface area is 118 Å². The fourth-order valence-corrected chi connectivity index (χ4v) is 3.90. The molecule has 2 aliphatic rings. The zero-order chi connectivity index (χ0) is 13.4. The highest BCUT2D eigenvalue weighted by molar-refractivity contribution is 8.00. The second kappa shape index (κ2) is 4.89. The van der Waals surface area contributed by atoms with Crippen LogP contribution in [0.4, 0.5) is 5.69 Å². The van der Waals surface area contributed by atoms with E-state index in [1.54, 1.807) is 11.8 Å². The van der Waals surface area contributed by atoms with Gasteiger partial charge in [-0.05, 0) is 43.0 Å². The molecule has 0 radical (unpaired) electrons. The Balaban J connectivity index is 2.06. The molecule has 1 aliphatic carbocycles. The fraction of sp³-hybridized carbons (Fsp3) is 0.312. The zero-order valence-corrected chi connectivity index (χ0v) is 12.0. The topological polar surface area (TPSA) is 29.1 Å². The summed E-state index contributed by atoms with van der Waals surface area (Å²) >= 11 is 1.80. The number of fused-ring (bicyclic) bond motifs is 2. The van der Waals surface area contributed by atoms with Crippen molar-refractivity contribution in [3.63, 3.8) is 0 Å². The van der Waals surface area contributed by atoms with E-state index in [1.165, 1.54) is 16.0 Å². The first-order valence-electron chi connectivity index (χ1n) is 6.67. The highest BCUT2D eigenvalue weighted by Crippen LogP contribution is 2.41. The maximum absolute atomic E-state index is 12.3. The van der Waals surface area contributed by atoms with Crippen molar-refractivity contribution in [1.82, 2.24) is 0 Å². The van der Waals surface area contributed by atoms with Crippen LogP contribution in [0.3, 0.4) is 0 Å². The summed E-state index contributed by atoms with van der Waals surface area (Å²) in [6.45, 7) is 4.29. The van der Waals surface area contributed by atoms with E-state index in [9.17, 15) is 4.79 Å². The van der Waals surface area contributed by atoms with Crippen LogP contribution in [0.2, 0.25) is 0 Å². The number of anilines is 1. The van der Waals surface area contributed by atoms with Gasteiger partial charge in [-0.25, -0.2) is 0 Å². The molecule has 0 saturated carbocycles. The molecule has 1 N–H and O–H groups in total. The molecule has 1 atom stereocenters. The molecular formula is C16H17NOS. The molecule has 3 rings (SSSR count). The lowest BCUT2D eigenvalue weighted by Gasteiger charge is -2.16. The number of allylic oxidation sites excluding steroid dienone is 3. The number of nitrogens with one attached hydrogen (secondary N) is 1. The second-order valence-electron chi connectivity index (χ2n) is 4.97. The van der Waals surface area contributed by atoms with Gasteiger partial charge in [0.1, 0.15) is 0 Å². The number of carbonyl (C=O) groups excluding carboxylic acids is 1. The summed E-state index contributed by atoms with van der Waals surface area (Å²) in [7, 11) is 0. The van der Waals surface area contributed by atoms with Crippen molar-refractivity contribution in [2.75, 3.05) is 5.32 Å². The van der Waals surface area contributed by atoms with Crippen LogP contribution in [0.25, 0.3) is 0 Å². The molecule has 1 heterocycles. The van der Waals surface area contributed by atoms with Gasteiger partial charge in [0.25, 0.3) is 5.91 Å². The monoisotopic (exact) mass is 271 g/mol. The Morgan fingerprint density at radius 3 is 3.05 bits per heavy atom. The number of amides is 1. The summed E-state index contributed by atoms with van der Waals surface area (Å²) in [5.74, 6) is 0.0477. The lowest BCUT2D eigenvalue weighted by atomic mass is 10.0. The number of rotatable bonds is 1. The van der Waals surface area contributed by atoms with Gasteiger partial charge in [-0.15, -0.1) is 11.8 Å². The molecule has 1 amide bonds.